The highest BCUT2D eigenvalue weighted by molar-refractivity contribution is 6.23. The van der Waals surface area contributed by atoms with Crippen LogP contribution in [0.4, 0.5) is 0 Å². The Morgan fingerprint density at radius 3 is 1.70 bits per heavy atom. The first kappa shape index (κ1) is 34.0. The van der Waals surface area contributed by atoms with E-state index in [0.717, 1.165) is 61.4 Å². The van der Waals surface area contributed by atoms with Gasteiger partial charge in [-0.25, -0.2) is 4.98 Å². The number of imidazole rings is 1. The molecular formula is C46H40N2O5. The minimum absolute atomic E-state index is 0.0741. The third kappa shape index (κ3) is 6.57. The number of rotatable bonds is 13. The number of fused-ring (bicyclic) bond motifs is 6. The molecule has 8 rings (SSSR count). The predicted molar refractivity (Wildman–Crippen MR) is 211 cm³/mol. The fourth-order valence-corrected chi connectivity index (χ4v) is 7.16. The molecule has 0 spiro atoms. The molecule has 8 aromatic rings. The number of aliphatic hydroxyl groups excluding tert-OH is 1. The molecule has 1 atom stereocenters. The summed E-state index contributed by atoms with van der Waals surface area (Å²) >= 11 is 0. The van der Waals surface area contributed by atoms with E-state index in [-0.39, 0.29) is 6.61 Å². The summed E-state index contributed by atoms with van der Waals surface area (Å²) in [5.41, 5.74) is 4.69. The smallest absolute Gasteiger partial charge is 0.143 e. The minimum Gasteiger partial charge on any atom is -0.497 e. The summed E-state index contributed by atoms with van der Waals surface area (Å²) < 4.78 is 23.9. The van der Waals surface area contributed by atoms with Crippen LogP contribution in [0.2, 0.25) is 0 Å². The molecule has 0 fully saturated rings. The van der Waals surface area contributed by atoms with Crippen molar-refractivity contribution in [2.24, 2.45) is 0 Å². The van der Waals surface area contributed by atoms with Gasteiger partial charge < -0.3 is 29.0 Å². The molecule has 264 valence electrons. The van der Waals surface area contributed by atoms with Gasteiger partial charge in [0.1, 0.15) is 28.7 Å². The third-order valence-electron chi connectivity index (χ3n) is 9.89. The van der Waals surface area contributed by atoms with E-state index in [1.165, 1.54) is 10.8 Å². The molecule has 1 heterocycles. The second-order valence-corrected chi connectivity index (χ2v) is 13.0. The molecule has 0 amide bonds. The van der Waals surface area contributed by atoms with Gasteiger partial charge in [-0.3, -0.25) is 0 Å². The molecule has 0 saturated heterocycles. The summed E-state index contributed by atoms with van der Waals surface area (Å²) in [6, 6.07) is 50.5. The summed E-state index contributed by atoms with van der Waals surface area (Å²) in [5.74, 6) is 3.01. The van der Waals surface area contributed by atoms with Crippen LogP contribution in [-0.4, -0.2) is 48.6 Å². The number of H-pyrrole nitrogens is 1. The van der Waals surface area contributed by atoms with Crippen LogP contribution in [-0.2, 0) is 10.3 Å². The average Bonchev–Trinajstić information content (AvgIpc) is 3.69. The number of hydrogen-bond acceptors (Lipinski definition) is 6. The van der Waals surface area contributed by atoms with Gasteiger partial charge in [-0.15, -0.1) is 0 Å². The highest BCUT2D eigenvalue weighted by Gasteiger charge is 2.38. The largest absolute Gasteiger partial charge is 0.497 e. The Labute approximate surface area is 308 Å². The Morgan fingerprint density at radius 1 is 0.585 bits per heavy atom. The Kier molecular flexibility index (Phi) is 9.51. The molecular weight excluding hydrogens is 661 g/mol. The Hall–Kier alpha value is -6.15. The van der Waals surface area contributed by atoms with E-state index in [0.29, 0.717) is 18.8 Å². The van der Waals surface area contributed by atoms with Crippen LogP contribution >= 0.6 is 0 Å². The molecule has 2 N–H and O–H groups in total. The van der Waals surface area contributed by atoms with Crippen molar-refractivity contribution in [2.45, 2.75) is 18.1 Å². The number of benzene rings is 7. The second kappa shape index (κ2) is 14.8. The molecule has 0 aliphatic carbocycles. The number of aliphatic hydroxyl groups is 1. The maximum Gasteiger partial charge on any atom is 0.143 e. The van der Waals surface area contributed by atoms with E-state index in [1.54, 1.807) is 14.2 Å². The van der Waals surface area contributed by atoms with E-state index in [9.17, 15) is 5.11 Å². The van der Waals surface area contributed by atoms with Crippen LogP contribution in [0.1, 0.15) is 23.1 Å². The fourth-order valence-electron chi connectivity index (χ4n) is 7.16. The average molecular weight is 701 g/mol. The number of nitrogens with one attached hydrogen (secondary N) is 1. The SMILES string of the molecule is COc1ccc(C(OCC(O)CCOc2ccc(-c3nc4c5ccccc5c5ccccc5c4[nH]3)cc2)(c2ccccc2)c2ccc(OC)cc2)cc1. The van der Waals surface area contributed by atoms with Crippen molar-refractivity contribution in [3.8, 4) is 28.6 Å². The number of aromatic amines is 1. The standard InChI is InChI=1S/C46H40N2O5/c1-50-36-24-18-33(19-25-36)46(32-10-4-3-5-11-32,34-20-26-37(51-2)27-21-34)53-30-35(49)28-29-52-38-22-16-31(17-23-38)45-47-43-41-14-8-6-12-39(41)40-13-7-9-15-42(40)44(43)48-45/h3-27,35,49H,28-30H2,1-2H3,(H,47,48). The van der Waals surface area contributed by atoms with Crippen LogP contribution in [0.5, 0.6) is 17.2 Å². The van der Waals surface area contributed by atoms with Gasteiger partial charge in [-0.1, -0.05) is 103 Å². The molecule has 7 aromatic carbocycles. The minimum atomic E-state index is -1.01. The van der Waals surface area contributed by atoms with E-state index >= 15 is 0 Å². The lowest BCUT2D eigenvalue weighted by molar-refractivity contribution is -0.0427. The van der Waals surface area contributed by atoms with Crippen molar-refractivity contribution in [2.75, 3.05) is 27.4 Å². The van der Waals surface area contributed by atoms with E-state index in [4.69, 9.17) is 23.9 Å². The first-order chi connectivity index (χ1) is 26.1. The molecule has 53 heavy (non-hydrogen) atoms. The van der Waals surface area contributed by atoms with E-state index in [1.807, 2.05) is 103 Å². The zero-order chi connectivity index (χ0) is 36.2. The van der Waals surface area contributed by atoms with Gasteiger partial charge in [0.2, 0.25) is 0 Å². The lowest BCUT2D eigenvalue weighted by atomic mass is 9.80. The second-order valence-electron chi connectivity index (χ2n) is 13.0. The van der Waals surface area contributed by atoms with Gasteiger partial charge in [-0.05, 0) is 76.0 Å². The van der Waals surface area contributed by atoms with Crippen LogP contribution in [0, 0.1) is 0 Å². The van der Waals surface area contributed by atoms with Crippen LogP contribution < -0.4 is 14.2 Å². The van der Waals surface area contributed by atoms with Crippen LogP contribution in [0.15, 0.2) is 152 Å². The number of ether oxygens (including phenoxy) is 4. The number of nitrogens with zero attached hydrogens (tertiary/aromatic N) is 1. The van der Waals surface area contributed by atoms with Crippen molar-refractivity contribution in [3.05, 3.63) is 168 Å². The fraction of sp³-hybridized carbons (Fsp3) is 0.152. The Balaban J connectivity index is 0.982. The first-order valence-corrected chi connectivity index (χ1v) is 17.8. The van der Waals surface area contributed by atoms with E-state index in [2.05, 4.69) is 53.5 Å². The summed E-state index contributed by atoms with van der Waals surface area (Å²) in [6.07, 6.45) is -0.407. The Bertz CT molecular complexity index is 2340. The van der Waals surface area contributed by atoms with Crippen molar-refractivity contribution >= 4 is 32.6 Å². The van der Waals surface area contributed by atoms with E-state index < -0.39 is 11.7 Å². The van der Waals surface area contributed by atoms with Gasteiger partial charge in [0.05, 0.1) is 44.6 Å². The monoisotopic (exact) mass is 700 g/mol. The van der Waals surface area contributed by atoms with Crippen molar-refractivity contribution in [3.63, 3.8) is 0 Å². The number of methoxy groups -OCH3 is 2. The highest BCUT2D eigenvalue weighted by Crippen LogP contribution is 2.42. The molecule has 0 bridgehead atoms. The molecule has 0 aliphatic rings. The molecule has 0 saturated carbocycles. The number of aromatic nitrogens is 2. The van der Waals surface area contributed by atoms with Gasteiger partial charge in [0.15, 0.2) is 0 Å². The lowest BCUT2D eigenvalue weighted by Crippen LogP contribution is -2.36. The zero-order valence-corrected chi connectivity index (χ0v) is 29.7. The summed E-state index contributed by atoms with van der Waals surface area (Å²) in [6.45, 7) is 0.389. The van der Waals surface area contributed by atoms with Gasteiger partial charge in [0.25, 0.3) is 0 Å². The van der Waals surface area contributed by atoms with Gasteiger partial charge >= 0.3 is 0 Å². The molecule has 1 unspecified atom stereocenters. The lowest BCUT2D eigenvalue weighted by Gasteiger charge is -2.36. The molecule has 0 radical (unpaired) electrons. The predicted octanol–water partition coefficient (Wildman–Crippen LogP) is 9.69. The first-order valence-electron chi connectivity index (χ1n) is 17.8. The topological polar surface area (TPSA) is 85.8 Å². The van der Waals surface area contributed by atoms with Crippen LogP contribution in [0.25, 0.3) is 44.0 Å². The van der Waals surface area contributed by atoms with Crippen molar-refractivity contribution in [1.82, 2.24) is 9.97 Å². The quantitative estimate of drug-likeness (QED) is 0.0921. The summed E-state index contributed by atoms with van der Waals surface area (Å²) in [7, 11) is 3.30. The molecule has 7 heteroatoms. The summed E-state index contributed by atoms with van der Waals surface area (Å²) in [4.78, 5) is 8.63. The van der Waals surface area contributed by atoms with Gasteiger partial charge in [0, 0.05) is 22.8 Å². The van der Waals surface area contributed by atoms with Crippen LogP contribution in [0.3, 0.4) is 0 Å². The molecule has 1 aromatic heterocycles. The molecule has 7 nitrogen and oxygen atoms in total. The Morgan fingerprint density at radius 2 is 1.09 bits per heavy atom. The third-order valence-corrected chi connectivity index (χ3v) is 9.89. The number of hydrogen-bond donors (Lipinski definition) is 2. The zero-order valence-electron chi connectivity index (χ0n) is 29.7. The molecule has 0 aliphatic heterocycles. The maximum atomic E-state index is 11.3. The normalized spacial score (nSPS) is 12.3. The maximum absolute atomic E-state index is 11.3. The van der Waals surface area contributed by atoms with Crippen molar-refractivity contribution in [1.29, 1.82) is 0 Å². The summed E-state index contributed by atoms with van der Waals surface area (Å²) in [5, 5.41) is 15.9. The van der Waals surface area contributed by atoms with Crippen molar-refractivity contribution < 1.29 is 24.1 Å². The highest BCUT2D eigenvalue weighted by atomic mass is 16.5. The van der Waals surface area contributed by atoms with Gasteiger partial charge in [-0.2, -0.15) is 0 Å².